The Morgan fingerprint density at radius 2 is 1.58 bits per heavy atom. The van der Waals surface area contributed by atoms with E-state index in [-0.39, 0.29) is 31.5 Å². The molecule has 0 radical (unpaired) electrons. The van der Waals surface area contributed by atoms with Crippen LogP contribution >= 0.6 is 0 Å². The van der Waals surface area contributed by atoms with Crippen LogP contribution in [0.25, 0.3) is 11.1 Å². The number of fused-ring (bicyclic) bond motifs is 3. The van der Waals surface area contributed by atoms with Gasteiger partial charge in [-0.2, -0.15) is 0 Å². The van der Waals surface area contributed by atoms with Gasteiger partial charge in [-0.3, -0.25) is 4.79 Å². The lowest BCUT2D eigenvalue weighted by atomic mass is 9.97. The maximum atomic E-state index is 12.7. The van der Waals surface area contributed by atoms with Crippen LogP contribution in [0.3, 0.4) is 0 Å². The number of carboxylic acid groups (broad SMARTS) is 1. The van der Waals surface area contributed by atoms with E-state index in [0.717, 1.165) is 22.3 Å². The first-order valence-corrected chi connectivity index (χ1v) is 11.1. The van der Waals surface area contributed by atoms with Gasteiger partial charge in [0.05, 0.1) is 0 Å². The fourth-order valence-electron chi connectivity index (χ4n) is 4.12. The predicted octanol–water partition coefficient (Wildman–Crippen LogP) is 2.89. The maximum absolute atomic E-state index is 12.7. The van der Waals surface area contributed by atoms with Crippen LogP contribution in [-0.2, 0) is 14.3 Å². The van der Waals surface area contributed by atoms with Crippen LogP contribution in [0.4, 0.5) is 4.79 Å². The molecule has 2 aromatic rings. The van der Waals surface area contributed by atoms with Crippen molar-refractivity contribution in [2.24, 2.45) is 5.92 Å². The molecule has 8 heteroatoms. The number of aliphatic hydroxyl groups is 1. The van der Waals surface area contributed by atoms with Gasteiger partial charge < -0.3 is 25.6 Å². The highest BCUT2D eigenvalue weighted by Gasteiger charge is 2.32. The number of benzene rings is 2. The lowest BCUT2D eigenvalue weighted by Crippen LogP contribution is -2.54. The van der Waals surface area contributed by atoms with Crippen molar-refractivity contribution in [1.82, 2.24) is 10.6 Å². The van der Waals surface area contributed by atoms with Crippen molar-refractivity contribution in [3.63, 3.8) is 0 Å². The highest BCUT2D eigenvalue weighted by molar-refractivity contribution is 5.89. The topological polar surface area (TPSA) is 125 Å². The standard InChI is InChI=1S/C25H30N2O6/c1-3-15(2)22(23(29)26-21(12-13-28)24(30)31)27-25(32)33-14-20-18-10-6-4-8-16(18)17-9-5-7-11-19(17)20/h4-11,15,20-22,28H,3,12-14H2,1-2H3,(H,26,29)(H,27,32)(H,30,31)/t15?,21-,22-/m0/s1. The fraction of sp³-hybridized carbons (Fsp3) is 0.400. The first kappa shape index (κ1) is 24.3. The van der Waals surface area contributed by atoms with Crippen LogP contribution < -0.4 is 10.6 Å². The van der Waals surface area contributed by atoms with Crippen LogP contribution in [0.2, 0.25) is 0 Å². The number of hydrogen-bond donors (Lipinski definition) is 4. The van der Waals surface area contributed by atoms with Crippen molar-refractivity contribution in [2.75, 3.05) is 13.2 Å². The summed E-state index contributed by atoms with van der Waals surface area (Å²) >= 11 is 0. The number of alkyl carbamates (subject to hydrolysis) is 1. The number of rotatable bonds is 10. The Kier molecular flexibility index (Phi) is 8.06. The van der Waals surface area contributed by atoms with E-state index in [0.29, 0.717) is 6.42 Å². The minimum absolute atomic E-state index is 0.108. The number of nitrogens with one attached hydrogen (secondary N) is 2. The average molecular weight is 455 g/mol. The molecule has 1 aliphatic rings. The van der Waals surface area contributed by atoms with Crippen molar-refractivity contribution in [3.05, 3.63) is 59.7 Å². The lowest BCUT2D eigenvalue weighted by molar-refractivity contribution is -0.142. The van der Waals surface area contributed by atoms with Gasteiger partial charge in [-0.05, 0) is 28.2 Å². The number of ether oxygens (including phenoxy) is 1. The maximum Gasteiger partial charge on any atom is 0.407 e. The number of carbonyl (C=O) groups excluding carboxylic acids is 2. The van der Waals surface area contributed by atoms with Gasteiger partial charge in [-0.15, -0.1) is 0 Å². The van der Waals surface area contributed by atoms with Crippen molar-refractivity contribution in [2.45, 2.75) is 44.7 Å². The van der Waals surface area contributed by atoms with Crippen LogP contribution in [0.15, 0.2) is 48.5 Å². The predicted molar refractivity (Wildman–Crippen MR) is 123 cm³/mol. The molecule has 0 saturated carbocycles. The summed E-state index contributed by atoms with van der Waals surface area (Å²) in [7, 11) is 0. The third-order valence-electron chi connectivity index (χ3n) is 6.14. The molecule has 0 aliphatic heterocycles. The second-order valence-corrected chi connectivity index (χ2v) is 8.24. The van der Waals surface area contributed by atoms with Crippen molar-refractivity contribution >= 4 is 18.0 Å². The minimum atomic E-state index is -1.25. The molecule has 1 unspecified atom stereocenters. The van der Waals surface area contributed by atoms with E-state index in [4.69, 9.17) is 9.84 Å². The molecule has 176 valence electrons. The summed E-state index contributed by atoms with van der Waals surface area (Å²) in [6.45, 7) is 3.38. The van der Waals surface area contributed by atoms with E-state index < -0.39 is 30.1 Å². The summed E-state index contributed by atoms with van der Waals surface area (Å²) in [4.78, 5) is 36.7. The molecule has 3 atom stereocenters. The van der Waals surface area contributed by atoms with Crippen LogP contribution in [0.5, 0.6) is 0 Å². The number of carboxylic acids is 1. The Bertz CT molecular complexity index is 962. The van der Waals surface area contributed by atoms with Gasteiger partial charge in [0.15, 0.2) is 0 Å². The van der Waals surface area contributed by atoms with Crippen molar-refractivity contribution in [1.29, 1.82) is 0 Å². The highest BCUT2D eigenvalue weighted by atomic mass is 16.5. The van der Waals surface area contributed by atoms with Crippen molar-refractivity contribution < 1.29 is 29.3 Å². The molecule has 0 aromatic heterocycles. The Balaban J connectivity index is 1.68. The average Bonchev–Trinajstić information content (AvgIpc) is 3.14. The Morgan fingerprint density at radius 1 is 1.00 bits per heavy atom. The summed E-state index contributed by atoms with van der Waals surface area (Å²) < 4.78 is 5.53. The van der Waals surface area contributed by atoms with E-state index in [1.165, 1.54) is 0 Å². The zero-order chi connectivity index (χ0) is 24.0. The number of aliphatic carboxylic acids is 1. The number of amides is 2. The van der Waals surface area contributed by atoms with E-state index in [2.05, 4.69) is 10.6 Å². The molecule has 0 saturated heterocycles. The van der Waals surface area contributed by atoms with E-state index in [1.807, 2.05) is 55.5 Å². The van der Waals surface area contributed by atoms with Gasteiger partial charge in [0.2, 0.25) is 5.91 Å². The minimum Gasteiger partial charge on any atom is -0.480 e. The van der Waals surface area contributed by atoms with Gasteiger partial charge in [0.25, 0.3) is 0 Å². The fourth-order valence-corrected chi connectivity index (χ4v) is 4.12. The summed E-state index contributed by atoms with van der Waals surface area (Å²) in [5.74, 6) is -2.24. The molecule has 0 fully saturated rings. The summed E-state index contributed by atoms with van der Waals surface area (Å²) in [5, 5.41) is 23.3. The third kappa shape index (κ3) is 5.51. The molecular weight excluding hydrogens is 424 g/mol. The van der Waals surface area contributed by atoms with Crippen molar-refractivity contribution in [3.8, 4) is 11.1 Å². The van der Waals surface area contributed by atoms with Gasteiger partial charge >= 0.3 is 12.1 Å². The van der Waals surface area contributed by atoms with E-state index >= 15 is 0 Å². The smallest absolute Gasteiger partial charge is 0.407 e. The first-order chi connectivity index (χ1) is 15.9. The first-order valence-electron chi connectivity index (χ1n) is 11.1. The number of carbonyl (C=O) groups is 3. The largest absolute Gasteiger partial charge is 0.480 e. The SMILES string of the molecule is CCC(C)[C@H](NC(=O)OCC1c2ccccc2-c2ccccc21)C(=O)N[C@@H](CCO)C(=O)O. The highest BCUT2D eigenvalue weighted by Crippen LogP contribution is 2.44. The van der Waals surface area contributed by atoms with Gasteiger partial charge in [-0.1, -0.05) is 68.8 Å². The van der Waals surface area contributed by atoms with Crippen LogP contribution in [-0.4, -0.2) is 53.5 Å². The van der Waals surface area contributed by atoms with Crippen LogP contribution in [0, 0.1) is 5.92 Å². The molecule has 1 aliphatic carbocycles. The molecule has 8 nitrogen and oxygen atoms in total. The number of aliphatic hydroxyl groups excluding tert-OH is 1. The monoisotopic (exact) mass is 454 g/mol. The van der Waals surface area contributed by atoms with Gasteiger partial charge in [0, 0.05) is 18.9 Å². The molecule has 0 bridgehead atoms. The molecule has 2 aromatic carbocycles. The lowest BCUT2D eigenvalue weighted by Gasteiger charge is -2.25. The Labute approximate surface area is 193 Å². The van der Waals surface area contributed by atoms with Gasteiger partial charge in [-0.25, -0.2) is 9.59 Å². The third-order valence-corrected chi connectivity index (χ3v) is 6.14. The zero-order valence-corrected chi connectivity index (χ0v) is 18.8. The van der Waals surface area contributed by atoms with Gasteiger partial charge in [0.1, 0.15) is 18.7 Å². The summed E-state index contributed by atoms with van der Waals surface area (Å²) in [5.41, 5.74) is 4.39. The molecular formula is C25H30N2O6. The molecule has 4 N–H and O–H groups in total. The second kappa shape index (κ2) is 11.0. The molecule has 0 heterocycles. The molecule has 0 spiro atoms. The summed E-state index contributed by atoms with van der Waals surface area (Å²) in [6, 6.07) is 13.8. The molecule has 2 amide bonds. The molecule has 33 heavy (non-hydrogen) atoms. The molecule has 3 rings (SSSR count). The van der Waals surface area contributed by atoms with Crippen LogP contribution in [0.1, 0.15) is 43.7 Å². The van der Waals surface area contributed by atoms with E-state index in [9.17, 15) is 19.5 Å². The zero-order valence-electron chi connectivity index (χ0n) is 18.8. The second-order valence-electron chi connectivity index (χ2n) is 8.24. The normalized spacial score (nSPS) is 15.0. The quantitative estimate of drug-likeness (QED) is 0.438. The number of hydrogen-bond acceptors (Lipinski definition) is 5. The Hall–Kier alpha value is -3.39. The van der Waals surface area contributed by atoms with E-state index in [1.54, 1.807) is 6.92 Å². The Morgan fingerprint density at radius 3 is 2.09 bits per heavy atom. The summed E-state index contributed by atoms with van der Waals surface area (Å²) in [6.07, 6.45) is -0.287.